The van der Waals surface area contributed by atoms with Crippen molar-refractivity contribution < 1.29 is 23.9 Å². The van der Waals surface area contributed by atoms with Crippen LogP contribution in [0.25, 0.3) is 43.1 Å². The molecule has 1 aromatic carbocycles. The fraction of sp³-hybridized carbons (Fsp3) is 0.487. The minimum absolute atomic E-state index is 0.0677. The number of rotatable bonds is 14. The first kappa shape index (κ1) is 38.7. The number of nitrogens with two attached hydrogens (primary N) is 1. The average Bonchev–Trinajstić information content (AvgIpc) is 4.00. The number of benzene rings is 1. The molecule has 4 aromatic heterocycles. The first-order valence-corrected chi connectivity index (χ1v) is 19.5. The lowest BCUT2D eigenvalue weighted by molar-refractivity contribution is -0.135. The molecule has 1 fully saturated rings. The summed E-state index contributed by atoms with van der Waals surface area (Å²) in [6.45, 7) is 9.15. The van der Waals surface area contributed by atoms with Gasteiger partial charge in [-0.15, -0.1) is 11.3 Å². The number of ether oxygens (including phenoxy) is 2. The SMILES string of the molecule is COC(=O)N[C@H](C(=O)N1CCC[C@H]1c1ncc(-c2ccc(-c3ccc4c(ccc5nc(C(CCCN)C[C@@H](NC(=O)OC)C(C)C)[nH]c54)n3)s2)[nH]1)C(C)C. The summed E-state index contributed by atoms with van der Waals surface area (Å²) >= 11 is 1.62. The van der Waals surface area contributed by atoms with Crippen molar-refractivity contribution in [3.05, 3.63) is 54.2 Å². The van der Waals surface area contributed by atoms with Crippen LogP contribution in [0, 0.1) is 11.8 Å². The summed E-state index contributed by atoms with van der Waals surface area (Å²) in [4.78, 5) is 63.3. The van der Waals surface area contributed by atoms with Crippen LogP contribution >= 0.6 is 11.3 Å². The fourth-order valence-corrected chi connectivity index (χ4v) is 8.16. The topological polar surface area (TPSA) is 193 Å². The molecule has 1 saturated heterocycles. The number of likely N-dealkylation sites (tertiary alicyclic amines) is 1. The zero-order valence-corrected chi connectivity index (χ0v) is 32.6. The average molecular weight is 758 g/mol. The van der Waals surface area contributed by atoms with E-state index in [9.17, 15) is 14.4 Å². The molecular formula is C39H51N9O5S. The number of carbonyl (C=O) groups excluding carboxylic acids is 3. The maximum absolute atomic E-state index is 13.6. The molecule has 0 aliphatic carbocycles. The maximum Gasteiger partial charge on any atom is 0.407 e. The van der Waals surface area contributed by atoms with Crippen LogP contribution in [0.4, 0.5) is 9.59 Å². The Balaban J connectivity index is 1.21. The first-order valence-electron chi connectivity index (χ1n) is 18.7. The molecule has 1 unspecified atom stereocenters. The number of methoxy groups -OCH3 is 2. The molecule has 54 heavy (non-hydrogen) atoms. The van der Waals surface area contributed by atoms with Gasteiger partial charge in [0.25, 0.3) is 0 Å². The van der Waals surface area contributed by atoms with E-state index in [4.69, 9.17) is 30.2 Å². The number of carbonyl (C=O) groups is 3. The van der Waals surface area contributed by atoms with Gasteiger partial charge < -0.3 is 40.7 Å². The van der Waals surface area contributed by atoms with E-state index in [1.54, 1.807) is 11.3 Å². The summed E-state index contributed by atoms with van der Waals surface area (Å²) in [5, 5.41) is 6.68. The molecule has 288 valence electrons. The number of alkyl carbamates (subject to hydrolysis) is 2. The highest BCUT2D eigenvalue weighted by Gasteiger charge is 2.37. The van der Waals surface area contributed by atoms with E-state index in [0.29, 0.717) is 19.5 Å². The molecule has 5 aromatic rings. The van der Waals surface area contributed by atoms with E-state index in [-0.39, 0.29) is 35.7 Å². The maximum atomic E-state index is 13.6. The quantitative estimate of drug-likeness (QED) is 0.0804. The van der Waals surface area contributed by atoms with Crippen LogP contribution in [0.2, 0.25) is 0 Å². The monoisotopic (exact) mass is 757 g/mol. The van der Waals surface area contributed by atoms with Gasteiger partial charge in [-0.1, -0.05) is 27.7 Å². The van der Waals surface area contributed by atoms with Gasteiger partial charge in [0.05, 0.1) is 64.2 Å². The van der Waals surface area contributed by atoms with E-state index in [1.807, 2.05) is 43.1 Å². The Bertz CT molecular complexity index is 2090. The van der Waals surface area contributed by atoms with E-state index < -0.39 is 18.2 Å². The third kappa shape index (κ3) is 8.36. The third-order valence-corrected chi connectivity index (χ3v) is 11.4. The van der Waals surface area contributed by atoms with Crippen LogP contribution in [-0.2, 0) is 14.3 Å². The number of aromatic nitrogens is 5. The number of fused-ring (bicyclic) bond motifs is 3. The number of nitrogens with one attached hydrogen (secondary N) is 4. The molecule has 14 nitrogen and oxygen atoms in total. The molecule has 0 bridgehead atoms. The molecular weight excluding hydrogens is 707 g/mol. The lowest BCUT2D eigenvalue weighted by atomic mass is 9.89. The van der Waals surface area contributed by atoms with Crippen molar-refractivity contribution in [2.75, 3.05) is 27.3 Å². The predicted octanol–water partition coefficient (Wildman–Crippen LogP) is 6.87. The predicted molar refractivity (Wildman–Crippen MR) is 210 cm³/mol. The minimum atomic E-state index is -0.689. The summed E-state index contributed by atoms with van der Waals surface area (Å²) in [5.41, 5.74) is 10.3. The second-order valence-electron chi connectivity index (χ2n) is 14.6. The smallest absolute Gasteiger partial charge is 0.407 e. The molecule has 0 saturated carbocycles. The Morgan fingerprint density at radius 2 is 1.69 bits per heavy atom. The molecule has 0 radical (unpaired) electrons. The highest BCUT2D eigenvalue weighted by Crippen LogP contribution is 2.37. The number of thiophene rings is 1. The zero-order chi connectivity index (χ0) is 38.5. The Morgan fingerprint density at radius 1 is 0.944 bits per heavy atom. The number of pyridine rings is 1. The van der Waals surface area contributed by atoms with E-state index >= 15 is 0 Å². The van der Waals surface area contributed by atoms with Crippen molar-refractivity contribution in [1.82, 2.24) is 40.5 Å². The number of amides is 3. The second-order valence-corrected chi connectivity index (χ2v) is 15.7. The number of nitrogens with zero attached hydrogens (tertiary/aromatic N) is 4. The van der Waals surface area contributed by atoms with E-state index in [0.717, 1.165) is 80.4 Å². The molecule has 15 heteroatoms. The lowest BCUT2D eigenvalue weighted by Gasteiger charge is -2.30. The molecule has 6 rings (SSSR count). The van der Waals surface area contributed by atoms with Gasteiger partial charge >= 0.3 is 12.2 Å². The van der Waals surface area contributed by atoms with Crippen molar-refractivity contribution in [3.63, 3.8) is 0 Å². The molecule has 1 aliphatic heterocycles. The molecule has 0 spiro atoms. The highest BCUT2D eigenvalue weighted by molar-refractivity contribution is 7.18. The van der Waals surface area contributed by atoms with Gasteiger partial charge in [0.1, 0.15) is 17.7 Å². The van der Waals surface area contributed by atoms with Crippen LogP contribution in [0.1, 0.15) is 83.4 Å². The number of hydrogen-bond acceptors (Lipinski definition) is 10. The van der Waals surface area contributed by atoms with Gasteiger partial charge in [0.15, 0.2) is 0 Å². The fourth-order valence-electron chi connectivity index (χ4n) is 7.22. The number of hydrogen-bond donors (Lipinski definition) is 5. The van der Waals surface area contributed by atoms with Gasteiger partial charge in [-0.05, 0) is 86.9 Å². The number of aromatic amines is 2. The largest absolute Gasteiger partial charge is 0.453 e. The lowest BCUT2D eigenvalue weighted by Crippen LogP contribution is -2.51. The Hall–Kier alpha value is -5.02. The van der Waals surface area contributed by atoms with Crippen molar-refractivity contribution in [2.24, 2.45) is 17.6 Å². The van der Waals surface area contributed by atoms with Crippen molar-refractivity contribution >= 4 is 51.4 Å². The Kier molecular flexibility index (Phi) is 12.2. The van der Waals surface area contributed by atoms with Gasteiger partial charge in [-0.3, -0.25) is 4.79 Å². The van der Waals surface area contributed by atoms with Crippen LogP contribution < -0.4 is 16.4 Å². The normalized spacial score (nSPS) is 16.2. The minimum Gasteiger partial charge on any atom is -0.453 e. The van der Waals surface area contributed by atoms with Gasteiger partial charge in [0, 0.05) is 23.9 Å². The molecule has 1 aliphatic rings. The Morgan fingerprint density at radius 3 is 2.41 bits per heavy atom. The van der Waals surface area contributed by atoms with Crippen LogP contribution in [0.3, 0.4) is 0 Å². The summed E-state index contributed by atoms with van der Waals surface area (Å²) in [5.74, 6) is 1.63. The van der Waals surface area contributed by atoms with Crippen molar-refractivity contribution in [1.29, 1.82) is 0 Å². The van der Waals surface area contributed by atoms with Gasteiger partial charge in [-0.25, -0.2) is 24.5 Å². The molecule has 5 heterocycles. The summed E-state index contributed by atoms with van der Waals surface area (Å²) in [6, 6.07) is 11.3. The number of imidazole rings is 2. The van der Waals surface area contributed by atoms with Crippen LogP contribution in [-0.4, -0.2) is 87.3 Å². The van der Waals surface area contributed by atoms with Gasteiger partial charge in [-0.2, -0.15) is 0 Å². The summed E-state index contributed by atoms with van der Waals surface area (Å²) in [6.07, 6.45) is 4.76. The van der Waals surface area contributed by atoms with Crippen LogP contribution in [0.5, 0.6) is 0 Å². The van der Waals surface area contributed by atoms with Crippen molar-refractivity contribution in [2.45, 2.75) is 83.8 Å². The second kappa shape index (κ2) is 17.0. The van der Waals surface area contributed by atoms with E-state index in [2.05, 4.69) is 52.6 Å². The third-order valence-electron chi connectivity index (χ3n) is 10.3. The summed E-state index contributed by atoms with van der Waals surface area (Å²) in [7, 11) is 2.67. The Labute approximate surface area is 319 Å². The van der Waals surface area contributed by atoms with Crippen molar-refractivity contribution in [3.8, 4) is 21.1 Å². The highest BCUT2D eigenvalue weighted by atomic mass is 32.1. The van der Waals surface area contributed by atoms with E-state index in [1.165, 1.54) is 14.2 Å². The zero-order valence-electron chi connectivity index (χ0n) is 31.8. The molecule has 6 N–H and O–H groups in total. The molecule has 4 atom stereocenters. The standard InChI is InChI=1S/C39H51N9O5S/c1-21(2)28(45-38(50)52-5)19-23(9-7-17-40)35-43-27-14-13-25-24(34(27)46-35)11-12-26(42-25)31-15-16-32(54-31)29-20-41-36(44-29)30-10-8-18-48(30)37(49)33(22(3)4)47-39(51)53-6/h11-16,20-23,28,30,33H,7-10,17-19,40H2,1-6H3,(H,41,44)(H,43,46)(H,45,50)(H,47,51)/t23?,28-,30+,33+/m1/s1. The van der Waals surface area contributed by atoms with Gasteiger partial charge in [0.2, 0.25) is 5.91 Å². The first-order chi connectivity index (χ1) is 26.0. The van der Waals surface area contributed by atoms with Crippen LogP contribution in [0.15, 0.2) is 42.6 Å². The molecule has 3 amide bonds. The number of H-pyrrole nitrogens is 2. The summed E-state index contributed by atoms with van der Waals surface area (Å²) < 4.78 is 9.65.